The molecule has 0 heterocycles. The molecule has 0 aromatic heterocycles. The van der Waals surface area contributed by atoms with Crippen molar-refractivity contribution >= 4 is 11.9 Å². The summed E-state index contributed by atoms with van der Waals surface area (Å²) in [5.41, 5.74) is -0.0533. The molecule has 110 valence electrons. The number of carbonyl (C=O) groups excluding carboxylic acids is 1. The van der Waals surface area contributed by atoms with Crippen molar-refractivity contribution in [1.29, 1.82) is 0 Å². The Morgan fingerprint density at radius 2 is 1.95 bits per heavy atom. The van der Waals surface area contributed by atoms with Gasteiger partial charge < -0.3 is 15.2 Å². The van der Waals surface area contributed by atoms with Crippen molar-refractivity contribution in [1.82, 2.24) is 5.32 Å². The molecule has 0 aliphatic carbocycles. The topological polar surface area (TPSA) is 75.6 Å². The van der Waals surface area contributed by atoms with Gasteiger partial charge >= 0.3 is 12.3 Å². The molecule has 0 aliphatic heterocycles. The number of nitrogens with one attached hydrogen (secondary N) is 1. The van der Waals surface area contributed by atoms with Gasteiger partial charge in [0.05, 0.1) is 12.5 Å². The van der Waals surface area contributed by atoms with Gasteiger partial charge in [0.25, 0.3) is 0 Å². The molecule has 1 rings (SSSR count). The zero-order valence-electron chi connectivity index (χ0n) is 10.4. The quantitative estimate of drug-likeness (QED) is 0.872. The minimum Gasteiger partial charge on any atom is -0.481 e. The first kappa shape index (κ1) is 15.8. The largest absolute Gasteiger partial charge is 0.573 e. The molecule has 1 aromatic carbocycles. The zero-order chi connectivity index (χ0) is 15.3. The molecule has 1 amide bonds. The lowest BCUT2D eigenvalue weighted by Gasteiger charge is -2.20. The smallest absolute Gasteiger partial charge is 0.481 e. The molecule has 0 fully saturated rings. The maximum atomic E-state index is 12.3. The average Bonchev–Trinajstić information content (AvgIpc) is 2.25. The zero-order valence-corrected chi connectivity index (χ0v) is 10.4. The highest BCUT2D eigenvalue weighted by Crippen LogP contribution is 2.31. The molecular weight excluding hydrogens is 279 g/mol. The van der Waals surface area contributed by atoms with E-state index in [-0.39, 0.29) is 5.56 Å². The fourth-order valence-electron chi connectivity index (χ4n) is 1.64. The van der Waals surface area contributed by atoms with Crippen LogP contribution in [0, 0.1) is 0 Å². The van der Waals surface area contributed by atoms with Crippen molar-refractivity contribution in [3.8, 4) is 5.75 Å². The number of ether oxygens (including phenoxy) is 1. The first-order valence-electron chi connectivity index (χ1n) is 5.52. The highest BCUT2D eigenvalue weighted by atomic mass is 19.4. The third-order valence-electron chi connectivity index (χ3n) is 2.28. The van der Waals surface area contributed by atoms with E-state index in [9.17, 15) is 22.8 Å². The Morgan fingerprint density at radius 1 is 1.35 bits per heavy atom. The van der Waals surface area contributed by atoms with Crippen molar-refractivity contribution in [2.75, 3.05) is 0 Å². The number of para-hydroxylation sites is 1. The van der Waals surface area contributed by atoms with Gasteiger partial charge in [0.15, 0.2) is 0 Å². The number of carbonyl (C=O) groups is 2. The van der Waals surface area contributed by atoms with Crippen molar-refractivity contribution < 1.29 is 32.6 Å². The Bertz CT molecular complexity index is 486. The standard InChI is InChI=1S/C12H12F3NO4/c1-7(17)16-9(6-11(18)19)8-4-2-3-5-10(8)20-12(13,14)15/h2-5,9H,6H2,1H3,(H,16,17)(H,18,19)/t9-/m0/s1. The minimum absolute atomic E-state index is 0.0533. The highest BCUT2D eigenvalue weighted by molar-refractivity contribution is 5.75. The number of carboxylic acid groups (broad SMARTS) is 1. The van der Waals surface area contributed by atoms with Crippen LogP contribution in [0.25, 0.3) is 0 Å². The number of alkyl halides is 3. The predicted octanol–water partition coefficient (Wildman–Crippen LogP) is 2.24. The predicted molar refractivity (Wildman–Crippen MR) is 61.9 cm³/mol. The van der Waals surface area contributed by atoms with Gasteiger partial charge in [0, 0.05) is 12.5 Å². The third kappa shape index (κ3) is 5.17. The van der Waals surface area contributed by atoms with Crippen molar-refractivity contribution in [2.45, 2.75) is 25.7 Å². The monoisotopic (exact) mass is 291 g/mol. The van der Waals surface area contributed by atoms with Crippen LogP contribution in [0.1, 0.15) is 24.9 Å². The molecule has 20 heavy (non-hydrogen) atoms. The maximum Gasteiger partial charge on any atom is 0.573 e. The summed E-state index contributed by atoms with van der Waals surface area (Å²) in [5.74, 6) is -2.36. The summed E-state index contributed by atoms with van der Waals surface area (Å²) in [7, 11) is 0. The third-order valence-corrected chi connectivity index (χ3v) is 2.28. The van der Waals surface area contributed by atoms with Crippen LogP contribution in [0.5, 0.6) is 5.75 Å². The van der Waals surface area contributed by atoms with Crippen LogP contribution < -0.4 is 10.1 Å². The Morgan fingerprint density at radius 3 is 2.45 bits per heavy atom. The van der Waals surface area contributed by atoms with E-state index in [0.29, 0.717) is 0 Å². The number of halogens is 3. The number of hydrogen-bond acceptors (Lipinski definition) is 3. The molecule has 2 N–H and O–H groups in total. The summed E-state index contributed by atoms with van der Waals surface area (Å²) in [4.78, 5) is 21.8. The van der Waals surface area contributed by atoms with Crippen LogP contribution in [-0.4, -0.2) is 23.3 Å². The van der Waals surface area contributed by atoms with Crippen LogP contribution >= 0.6 is 0 Å². The van der Waals surface area contributed by atoms with Crippen LogP contribution in [0.4, 0.5) is 13.2 Å². The summed E-state index contributed by atoms with van der Waals surface area (Å²) in [6.07, 6.45) is -5.46. The lowest BCUT2D eigenvalue weighted by Crippen LogP contribution is -2.29. The molecule has 0 spiro atoms. The van der Waals surface area contributed by atoms with Crippen LogP contribution in [0.15, 0.2) is 24.3 Å². The number of rotatable bonds is 5. The van der Waals surface area contributed by atoms with E-state index in [1.807, 2.05) is 0 Å². The van der Waals surface area contributed by atoms with E-state index < -0.39 is 36.5 Å². The Hall–Kier alpha value is -2.25. The van der Waals surface area contributed by atoms with Gasteiger partial charge in [-0.1, -0.05) is 18.2 Å². The molecule has 0 saturated carbocycles. The van der Waals surface area contributed by atoms with Crippen molar-refractivity contribution in [2.24, 2.45) is 0 Å². The van der Waals surface area contributed by atoms with Crippen LogP contribution in [0.2, 0.25) is 0 Å². The van der Waals surface area contributed by atoms with Gasteiger partial charge in [-0.25, -0.2) is 0 Å². The highest BCUT2D eigenvalue weighted by Gasteiger charge is 2.33. The summed E-state index contributed by atoms with van der Waals surface area (Å²) in [6, 6.07) is 3.96. The van der Waals surface area contributed by atoms with Gasteiger partial charge in [-0.2, -0.15) is 0 Å². The van der Waals surface area contributed by atoms with E-state index in [2.05, 4.69) is 10.1 Å². The second kappa shape index (κ2) is 6.27. The number of aliphatic carboxylic acids is 1. The lowest BCUT2D eigenvalue weighted by atomic mass is 10.0. The molecule has 5 nitrogen and oxygen atoms in total. The molecule has 0 saturated heterocycles. The summed E-state index contributed by atoms with van der Waals surface area (Å²) in [6.45, 7) is 1.14. The van der Waals surface area contributed by atoms with E-state index in [4.69, 9.17) is 5.11 Å². The fourth-order valence-corrected chi connectivity index (χ4v) is 1.64. The summed E-state index contributed by atoms with van der Waals surface area (Å²) >= 11 is 0. The van der Waals surface area contributed by atoms with Crippen molar-refractivity contribution in [3.63, 3.8) is 0 Å². The van der Waals surface area contributed by atoms with Crippen molar-refractivity contribution in [3.05, 3.63) is 29.8 Å². The normalized spacial score (nSPS) is 12.6. The van der Waals surface area contributed by atoms with Gasteiger partial charge in [-0.15, -0.1) is 13.2 Å². The van der Waals surface area contributed by atoms with Gasteiger partial charge in [0.1, 0.15) is 5.75 Å². The molecule has 1 atom stereocenters. The second-order valence-electron chi connectivity index (χ2n) is 3.94. The first-order valence-corrected chi connectivity index (χ1v) is 5.52. The Labute approximate surface area is 112 Å². The maximum absolute atomic E-state index is 12.3. The summed E-state index contributed by atoms with van der Waals surface area (Å²) < 4.78 is 40.7. The number of carboxylic acids is 1. The van der Waals surface area contributed by atoms with Crippen LogP contribution in [0.3, 0.4) is 0 Å². The van der Waals surface area contributed by atoms with Gasteiger partial charge in [0.2, 0.25) is 5.91 Å². The first-order chi connectivity index (χ1) is 9.19. The molecule has 0 aliphatic rings. The molecular formula is C12H12F3NO4. The second-order valence-corrected chi connectivity index (χ2v) is 3.94. The number of hydrogen-bond donors (Lipinski definition) is 2. The number of benzene rings is 1. The van der Waals surface area contributed by atoms with Gasteiger partial charge in [-0.3, -0.25) is 9.59 Å². The molecule has 0 bridgehead atoms. The van der Waals surface area contributed by atoms with E-state index in [1.165, 1.54) is 18.2 Å². The Kier molecular flexibility index (Phi) is 4.95. The molecule has 0 radical (unpaired) electrons. The average molecular weight is 291 g/mol. The SMILES string of the molecule is CC(=O)N[C@@H](CC(=O)O)c1ccccc1OC(F)(F)F. The summed E-state index contributed by atoms with van der Waals surface area (Å²) in [5, 5.41) is 11.1. The van der Waals surface area contributed by atoms with E-state index in [1.54, 1.807) is 0 Å². The number of amides is 1. The van der Waals surface area contributed by atoms with Crippen LogP contribution in [-0.2, 0) is 9.59 Å². The molecule has 0 unspecified atom stereocenters. The lowest BCUT2D eigenvalue weighted by molar-refractivity contribution is -0.275. The van der Waals surface area contributed by atoms with E-state index in [0.717, 1.165) is 13.0 Å². The minimum atomic E-state index is -4.90. The molecule has 8 heteroatoms. The molecule has 1 aromatic rings. The van der Waals surface area contributed by atoms with Gasteiger partial charge in [-0.05, 0) is 6.07 Å². The Balaban J connectivity index is 3.11. The van der Waals surface area contributed by atoms with E-state index >= 15 is 0 Å². The fraction of sp³-hybridized carbons (Fsp3) is 0.333.